The van der Waals surface area contributed by atoms with Gasteiger partial charge in [-0.15, -0.1) is 11.3 Å². The van der Waals surface area contributed by atoms with Crippen LogP contribution in [0.3, 0.4) is 0 Å². The molecule has 1 aromatic carbocycles. The van der Waals surface area contributed by atoms with Gasteiger partial charge < -0.3 is 36.3 Å². The van der Waals surface area contributed by atoms with Gasteiger partial charge >= 0.3 is 5.97 Å². The zero-order valence-corrected chi connectivity index (χ0v) is 28.4. The third-order valence-electron chi connectivity index (χ3n) is 5.53. The van der Waals surface area contributed by atoms with E-state index in [1.807, 2.05) is 13.8 Å². The molecule has 1 unspecified atom stereocenters. The van der Waals surface area contributed by atoms with E-state index in [2.05, 4.69) is 32.3 Å². The van der Waals surface area contributed by atoms with Crippen molar-refractivity contribution in [2.24, 2.45) is 11.3 Å². The Labute approximate surface area is 275 Å². The number of nitrogens with zero attached hydrogens (tertiary/aromatic N) is 1. The van der Waals surface area contributed by atoms with Crippen molar-refractivity contribution in [3.63, 3.8) is 0 Å². The fourth-order valence-electron chi connectivity index (χ4n) is 2.77. The van der Waals surface area contributed by atoms with Crippen LogP contribution in [0, 0.1) is 11.3 Å². The van der Waals surface area contributed by atoms with Crippen molar-refractivity contribution in [1.29, 1.82) is 0 Å². The molecule has 12 nitrogen and oxygen atoms in total. The van der Waals surface area contributed by atoms with Crippen LogP contribution in [0.5, 0.6) is 0 Å². The van der Waals surface area contributed by atoms with Gasteiger partial charge in [0.1, 0.15) is 22.4 Å². The second kappa shape index (κ2) is 18.5. The molecule has 0 fully saturated rings. The number of aliphatic hydroxyl groups is 1. The van der Waals surface area contributed by atoms with Crippen LogP contribution in [0.15, 0.2) is 41.9 Å². The summed E-state index contributed by atoms with van der Waals surface area (Å²) in [5.41, 5.74) is 6.82. The molecule has 2 rings (SSSR count). The van der Waals surface area contributed by atoms with E-state index in [9.17, 15) is 29.1 Å². The minimum Gasteiger partial charge on any atom is -0.668 e. The molecule has 42 heavy (non-hydrogen) atoms. The van der Waals surface area contributed by atoms with Crippen LogP contribution in [-0.2, 0) is 56.6 Å². The quantitative estimate of drug-likeness (QED) is 0.193. The molecular weight excluding hydrogens is 639 g/mol. The van der Waals surface area contributed by atoms with Crippen LogP contribution in [0.4, 0.5) is 5.69 Å². The van der Waals surface area contributed by atoms with Crippen molar-refractivity contribution < 1.29 is 66.5 Å². The van der Waals surface area contributed by atoms with Crippen LogP contribution in [0.1, 0.15) is 57.9 Å². The Morgan fingerprint density at radius 1 is 1.12 bits per heavy atom. The molecule has 4 amide bonds. The largest absolute Gasteiger partial charge is 0.668 e. The second-order valence-corrected chi connectivity index (χ2v) is 11.0. The number of thiazole rings is 1. The fourth-order valence-corrected chi connectivity index (χ4v) is 3.57. The summed E-state index contributed by atoms with van der Waals surface area (Å²) in [6.45, 7) is 11.9. The van der Waals surface area contributed by atoms with E-state index < -0.39 is 35.1 Å². The molecule has 14 heteroatoms. The summed E-state index contributed by atoms with van der Waals surface area (Å²) in [5, 5.41) is 18.9. The molecule has 0 saturated carbocycles. The number of benzene rings is 1. The molecule has 0 aliphatic rings. The van der Waals surface area contributed by atoms with E-state index in [0.717, 1.165) is 19.1 Å². The standard InChI is InChI=1S/C22H26N4O6S.C6H13NO.Y/c1-12(17(28)24-13(2)20(30)32-5)23-18(29)16-10-33-19(26-16)14-6-8-15(9-7-14)25-21(31)22(3,4)11-27;1-5(2)3-4-6(7)8;/h6-10,12,27H,2,11H2,1,3-5H3,(H,23,29)(H,24,28)(H,25,31);5H,3-4H2,1-2H3,(H2,7,8);/p-1. The molecule has 2 aromatic rings. The zero-order chi connectivity index (χ0) is 31.3. The summed E-state index contributed by atoms with van der Waals surface area (Å²) in [6, 6.07) is 5.94. The van der Waals surface area contributed by atoms with E-state index >= 15 is 0 Å². The van der Waals surface area contributed by atoms with Gasteiger partial charge in [0.15, 0.2) is 0 Å². The summed E-state index contributed by atoms with van der Waals surface area (Å²) in [6.07, 6.45) is 1.26. The predicted molar refractivity (Wildman–Crippen MR) is 157 cm³/mol. The average Bonchev–Trinajstić information content (AvgIpc) is 3.42. The number of carbonyl (C=O) groups excluding carboxylic acids is 5. The molecule has 227 valence electrons. The van der Waals surface area contributed by atoms with Crippen molar-refractivity contribution in [2.75, 3.05) is 19.0 Å². The third kappa shape index (κ3) is 13.3. The minimum atomic E-state index is -0.949. The monoisotopic (exact) mass is 677 g/mol. The topological polar surface area (TPSA) is 188 Å². The number of ether oxygens (including phenoxy) is 1. The van der Waals surface area contributed by atoms with E-state index in [4.69, 9.17) is 5.73 Å². The number of hydrogen-bond donors (Lipinski definition) is 4. The van der Waals surface area contributed by atoms with Gasteiger partial charge in [-0.25, -0.2) is 9.78 Å². The van der Waals surface area contributed by atoms with Crippen LogP contribution in [0.2, 0.25) is 0 Å². The molecule has 1 radical (unpaired) electrons. The van der Waals surface area contributed by atoms with Crippen molar-refractivity contribution in [2.45, 2.75) is 53.5 Å². The fraction of sp³-hybridized carbons (Fsp3) is 0.429. The number of methoxy groups -OCH3 is 1. The van der Waals surface area contributed by atoms with Crippen LogP contribution >= 0.6 is 11.3 Å². The summed E-state index contributed by atoms with van der Waals surface area (Å²) in [4.78, 5) is 62.3. The number of amides is 4. The first-order valence-electron chi connectivity index (χ1n) is 12.7. The van der Waals surface area contributed by atoms with Gasteiger partial charge in [-0.2, -0.15) is 0 Å². The summed E-state index contributed by atoms with van der Waals surface area (Å²) >= 11 is 1.24. The van der Waals surface area contributed by atoms with E-state index in [0.29, 0.717) is 23.0 Å². The Morgan fingerprint density at radius 3 is 2.19 bits per heavy atom. The molecule has 1 atom stereocenters. The van der Waals surface area contributed by atoms with Gasteiger partial charge in [-0.3, -0.25) is 14.4 Å². The Kier molecular flexibility index (Phi) is 17.2. The molecule has 0 saturated heterocycles. The molecule has 0 aliphatic heterocycles. The number of rotatable bonds is 12. The third-order valence-corrected chi connectivity index (χ3v) is 6.42. The first kappa shape index (κ1) is 39.0. The molecule has 1 heterocycles. The van der Waals surface area contributed by atoms with Gasteiger partial charge in [0, 0.05) is 55.2 Å². The number of aliphatic hydroxyl groups excluding tert-OH is 1. The van der Waals surface area contributed by atoms with Crippen molar-refractivity contribution in [1.82, 2.24) is 15.6 Å². The number of aromatic nitrogens is 1. The SMILES string of the molecule is C=C(NC(=O)C(C)NC(=O)c1csc(-c2ccc(NC(=O)C(C)(C)CO)cc2)n1)C(=O)OC.CC(C)CCC([NH-])=O.[Y]. The Hall–Kier alpha value is -3.00. The number of carbonyl (C=O) groups is 5. The number of nitrogens with one attached hydrogen (secondary N) is 4. The molecule has 0 aliphatic carbocycles. The Bertz CT molecular complexity index is 1250. The maximum absolute atomic E-state index is 12.4. The zero-order valence-electron chi connectivity index (χ0n) is 24.7. The maximum Gasteiger partial charge on any atom is 0.353 e. The molecular formula is C28H38N5O7SY-. The molecule has 0 spiro atoms. The molecule has 5 N–H and O–H groups in total. The van der Waals surface area contributed by atoms with E-state index in [1.54, 1.807) is 43.5 Å². The van der Waals surface area contributed by atoms with Crippen LogP contribution < -0.4 is 16.0 Å². The number of anilines is 1. The smallest absolute Gasteiger partial charge is 0.353 e. The number of esters is 1. The van der Waals surface area contributed by atoms with E-state index in [1.165, 1.54) is 18.3 Å². The van der Waals surface area contributed by atoms with Crippen LogP contribution in [-0.4, -0.2) is 59.4 Å². The number of hydrogen-bond acceptors (Lipinski definition) is 9. The van der Waals surface area contributed by atoms with Gasteiger partial charge in [0.05, 0.1) is 19.1 Å². The van der Waals surface area contributed by atoms with Crippen molar-refractivity contribution >= 4 is 46.6 Å². The summed E-state index contributed by atoms with van der Waals surface area (Å²) in [7, 11) is 1.16. The van der Waals surface area contributed by atoms with Crippen LogP contribution in [0.25, 0.3) is 16.3 Å². The first-order valence-corrected chi connectivity index (χ1v) is 13.6. The van der Waals surface area contributed by atoms with Crippen molar-refractivity contribution in [3.8, 4) is 10.6 Å². The predicted octanol–water partition coefficient (Wildman–Crippen LogP) is 3.69. The second-order valence-electron chi connectivity index (χ2n) is 10.1. The normalized spacial score (nSPS) is 11.1. The van der Waals surface area contributed by atoms with Crippen molar-refractivity contribution in [3.05, 3.63) is 53.3 Å². The maximum atomic E-state index is 12.4. The molecule has 0 bridgehead atoms. The Balaban J connectivity index is 0.00000163. The van der Waals surface area contributed by atoms with E-state index in [-0.39, 0.29) is 56.6 Å². The minimum absolute atomic E-state index is 0. The van der Waals surface area contributed by atoms with Gasteiger partial charge in [-0.05, 0) is 63.8 Å². The van der Waals surface area contributed by atoms with Gasteiger partial charge in [-0.1, -0.05) is 20.4 Å². The Morgan fingerprint density at radius 2 is 1.71 bits per heavy atom. The first-order chi connectivity index (χ1) is 19.1. The van der Waals surface area contributed by atoms with Gasteiger partial charge in [0.25, 0.3) is 5.91 Å². The summed E-state index contributed by atoms with van der Waals surface area (Å²) < 4.78 is 4.45. The van der Waals surface area contributed by atoms with Gasteiger partial charge in [0.2, 0.25) is 11.8 Å². The summed E-state index contributed by atoms with van der Waals surface area (Å²) in [5.74, 6) is -2.17. The average molecular weight is 678 g/mol. The molecule has 1 aromatic heterocycles.